The number of rotatable bonds is 4. The van der Waals surface area contributed by atoms with E-state index in [0.717, 1.165) is 12.3 Å². The molecule has 0 unspecified atom stereocenters. The molecule has 3 heteroatoms. The summed E-state index contributed by atoms with van der Waals surface area (Å²) in [7, 11) is 5.77. The fourth-order valence-corrected chi connectivity index (χ4v) is 2.21. The number of hydrogen-bond acceptors (Lipinski definition) is 2. The number of methoxy groups -OCH3 is 1. The monoisotopic (exact) mass is 242 g/mol. The van der Waals surface area contributed by atoms with Crippen molar-refractivity contribution in [2.45, 2.75) is 6.54 Å². The predicted molar refractivity (Wildman–Crippen MR) is 74.6 cm³/mol. The lowest BCUT2D eigenvalue weighted by Crippen LogP contribution is -2.17. The molecule has 0 N–H and O–H groups in total. The third-order valence-electron chi connectivity index (χ3n) is 3.08. The molecule has 0 saturated heterocycles. The quantitative estimate of drug-likeness (QED) is 0.765. The third-order valence-corrected chi connectivity index (χ3v) is 3.08. The summed E-state index contributed by atoms with van der Waals surface area (Å²) in [5.74, 6) is 3.54. The largest absolute Gasteiger partial charge is 0.497 e. The molecule has 2 rings (SSSR count). The first-order valence-electron chi connectivity index (χ1n) is 5.89. The van der Waals surface area contributed by atoms with Crippen molar-refractivity contribution in [2.75, 3.05) is 20.7 Å². The van der Waals surface area contributed by atoms with Crippen LogP contribution in [0.25, 0.3) is 10.9 Å². The van der Waals surface area contributed by atoms with Crippen molar-refractivity contribution in [2.24, 2.45) is 7.05 Å². The van der Waals surface area contributed by atoms with Gasteiger partial charge in [-0.3, -0.25) is 4.90 Å². The third kappa shape index (κ3) is 2.34. The summed E-state index contributed by atoms with van der Waals surface area (Å²) >= 11 is 0. The molecule has 1 aromatic carbocycles. The van der Waals surface area contributed by atoms with Crippen molar-refractivity contribution < 1.29 is 4.74 Å². The van der Waals surface area contributed by atoms with E-state index in [1.165, 1.54) is 16.5 Å². The van der Waals surface area contributed by atoms with Crippen LogP contribution < -0.4 is 4.74 Å². The normalized spacial score (nSPS) is 10.8. The Morgan fingerprint density at radius 2 is 2.22 bits per heavy atom. The highest BCUT2D eigenvalue weighted by atomic mass is 16.5. The SMILES string of the molecule is C#CCN(C)Cc1cn(C)c2ccc(OC)cc12. The molecule has 0 spiro atoms. The summed E-state index contributed by atoms with van der Waals surface area (Å²) in [6.45, 7) is 1.50. The van der Waals surface area contributed by atoms with Crippen LogP contribution in [0.4, 0.5) is 0 Å². The summed E-state index contributed by atoms with van der Waals surface area (Å²) in [4.78, 5) is 2.12. The number of hydrogen-bond donors (Lipinski definition) is 0. The number of aryl methyl sites for hydroxylation is 1. The molecule has 0 saturated carbocycles. The smallest absolute Gasteiger partial charge is 0.119 e. The second-order valence-electron chi connectivity index (χ2n) is 4.52. The van der Waals surface area contributed by atoms with Gasteiger partial charge in [0.05, 0.1) is 13.7 Å². The lowest BCUT2D eigenvalue weighted by Gasteiger charge is -2.12. The van der Waals surface area contributed by atoms with Gasteiger partial charge in [-0.05, 0) is 30.8 Å². The van der Waals surface area contributed by atoms with Crippen LogP contribution >= 0.6 is 0 Å². The molecular formula is C15H18N2O. The zero-order valence-corrected chi connectivity index (χ0v) is 11.1. The number of nitrogens with zero attached hydrogens (tertiary/aromatic N) is 2. The van der Waals surface area contributed by atoms with E-state index in [2.05, 4.69) is 40.8 Å². The van der Waals surface area contributed by atoms with Crippen LogP contribution in [-0.4, -0.2) is 30.2 Å². The van der Waals surface area contributed by atoms with Gasteiger partial charge in [-0.2, -0.15) is 0 Å². The average molecular weight is 242 g/mol. The highest BCUT2D eigenvalue weighted by Gasteiger charge is 2.09. The lowest BCUT2D eigenvalue weighted by atomic mass is 10.1. The van der Waals surface area contributed by atoms with Gasteiger partial charge in [0.2, 0.25) is 0 Å². The van der Waals surface area contributed by atoms with E-state index in [1.807, 2.05) is 13.1 Å². The molecule has 0 aliphatic rings. The number of aromatic nitrogens is 1. The van der Waals surface area contributed by atoms with E-state index in [-0.39, 0.29) is 0 Å². The van der Waals surface area contributed by atoms with Crippen molar-refractivity contribution in [3.05, 3.63) is 30.0 Å². The van der Waals surface area contributed by atoms with Gasteiger partial charge < -0.3 is 9.30 Å². The summed E-state index contributed by atoms with van der Waals surface area (Å²) in [6.07, 6.45) is 7.48. The van der Waals surface area contributed by atoms with Crippen molar-refractivity contribution in [3.63, 3.8) is 0 Å². The van der Waals surface area contributed by atoms with Crippen LogP contribution in [0.2, 0.25) is 0 Å². The van der Waals surface area contributed by atoms with Crippen molar-refractivity contribution in [3.8, 4) is 18.1 Å². The first-order valence-corrected chi connectivity index (χ1v) is 5.89. The Balaban J connectivity index is 2.41. The molecule has 3 nitrogen and oxygen atoms in total. The van der Waals surface area contributed by atoms with Gasteiger partial charge in [-0.1, -0.05) is 5.92 Å². The lowest BCUT2D eigenvalue weighted by molar-refractivity contribution is 0.370. The molecule has 0 radical (unpaired) electrons. The van der Waals surface area contributed by atoms with Gasteiger partial charge in [-0.15, -0.1) is 6.42 Å². The zero-order chi connectivity index (χ0) is 13.1. The van der Waals surface area contributed by atoms with E-state index in [0.29, 0.717) is 6.54 Å². The molecule has 0 fully saturated rings. The summed E-state index contributed by atoms with van der Waals surface area (Å²) < 4.78 is 7.42. The minimum Gasteiger partial charge on any atom is -0.497 e. The van der Waals surface area contributed by atoms with Crippen LogP contribution in [0, 0.1) is 12.3 Å². The predicted octanol–water partition coefficient (Wildman–Crippen LogP) is 2.25. The van der Waals surface area contributed by atoms with Gasteiger partial charge in [0.1, 0.15) is 5.75 Å². The molecule has 2 aromatic rings. The molecule has 0 aliphatic carbocycles. The zero-order valence-electron chi connectivity index (χ0n) is 11.1. The second kappa shape index (κ2) is 5.16. The van der Waals surface area contributed by atoms with E-state index in [4.69, 9.17) is 11.2 Å². The van der Waals surface area contributed by atoms with Crippen LogP contribution in [0.1, 0.15) is 5.56 Å². The number of ether oxygens (including phenoxy) is 1. The van der Waals surface area contributed by atoms with Gasteiger partial charge in [0.15, 0.2) is 0 Å². The van der Waals surface area contributed by atoms with Crippen LogP contribution in [0.3, 0.4) is 0 Å². The summed E-state index contributed by atoms with van der Waals surface area (Å²) in [5, 5.41) is 1.22. The van der Waals surface area contributed by atoms with E-state index in [1.54, 1.807) is 7.11 Å². The van der Waals surface area contributed by atoms with Crippen molar-refractivity contribution in [1.82, 2.24) is 9.47 Å². The first kappa shape index (κ1) is 12.5. The van der Waals surface area contributed by atoms with Gasteiger partial charge in [-0.25, -0.2) is 0 Å². The van der Waals surface area contributed by atoms with Crippen molar-refractivity contribution >= 4 is 10.9 Å². The molecule has 94 valence electrons. The Bertz CT molecular complexity index is 592. The molecule has 0 aliphatic heterocycles. The highest BCUT2D eigenvalue weighted by molar-refractivity contribution is 5.85. The number of benzene rings is 1. The maximum Gasteiger partial charge on any atom is 0.119 e. The van der Waals surface area contributed by atoms with Gasteiger partial charge in [0.25, 0.3) is 0 Å². The Labute approximate surface area is 108 Å². The second-order valence-corrected chi connectivity index (χ2v) is 4.52. The summed E-state index contributed by atoms with van der Waals surface area (Å²) in [6, 6.07) is 6.14. The van der Waals surface area contributed by atoms with Gasteiger partial charge >= 0.3 is 0 Å². The van der Waals surface area contributed by atoms with E-state index in [9.17, 15) is 0 Å². The molecule has 1 aromatic heterocycles. The standard InChI is InChI=1S/C15H18N2O/c1-5-8-16(2)10-12-11-17(3)15-7-6-13(18-4)9-14(12)15/h1,6-7,9,11H,8,10H2,2-4H3. The molecule has 18 heavy (non-hydrogen) atoms. The van der Waals surface area contributed by atoms with Crippen LogP contribution in [0.15, 0.2) is 24.4 Å². The van der Waals surface area contributed by atoms with Gasteiger partial charge in [0, 0.05) is 30.7 Å². The Hall–Kier alpha value is -1.92. The fourth-order valence-electron chi connectivity index (χ4n) is 2.21. The average Bonchev–Trinajstić information content (AvgIpc) is 2.66. The van der Waals surface area contributed by atoms with E-state index >= 15 is 0 Å². The minimum absolute atomic E-state index is 0.653. The molecule has 1 heterocycles. The van der Waals surface area contributed by atoms with E-state index < -0.39 is 0 Å². The fraction of sp³-hybridized carbons (Fsp3) is 0.333. The molecule has 0 bridgehead atoms. The minimum atomic E-state index is 0.653. The maximum absolute atomic E-state index is 5.33. The topological polar surface area (TPSA) is 17.4 Å². The molecule has 0 amide bonds. The Kier molecular flexibility index (Phi) is 3.59. The number of terminal acetylenes is 1. The Morgan fingerprint density at radius 1 is 1.44 bits per heavy atom. The first-order chi connectivity index (χ1) is 8.65. The van der Waals surface area contributed by atoms with Crippen molar-refractivity contribution in [1.29, 1.82) is 0 Å². The molecule has 0 atom stereocenters. The molecular weight excluding hydrogens is 224 g/mol. The summed E-state index contributed by atoms with van der Waals surface area (Å²) in [5.41, 5.74) is 2.48. The van der Waals surface area contributed by atoms with Crippen LogP contribution in [-0.2, 0) is 13.6 Å². The highest BCUT2D eigenvalue weighted by Crippen LogP contribution is 2.26. The Morgan fingerprint density at radius 3 is 2.89 bits per heavy atom. The maximum atomic E-state index is 5.33. The van der Waals surface area contributed by atoms with Crippen LogP contribution in [0.5, 0.6) is 5.75 Å². The number of fused-ring (bicyclic) bond motifs is 1.